The van der Waals surface area contributed by atoms with Crippen molar-refractivity contribution in [3.63, 3.8) is 0 Å². The molecular formula is C10H13N5S. The number of rotatable bonds is 5. The van der Waals surface area contributed by atoms with Gasteiger partial charge in [-0.3, -0.25) is 5.10 Å². The van der Waals surface area contributed by atoms with Gasteiger partial charge in [0.1, 0.15) is 12.1 Å². The Labute approximate surface area is 98.1 Å². The van der Waals surface area contributed by atoms with Crippen molar-refractivity contribution in [3.8, 4) is 0 Å². The second-order valence-electron chi connectivity index (χ2n) is 3.16. The van der Waals surface area contributed by atoms with Crippen LogP contribution in [0.15, 0.2) is 29.8 Å². The summed E-state index contributed by atoms with van der Waals surface area (Å²) in [4.78, 5) is 8.34. The third kappa shape index (κ3) is 2.96. The molecule has 0 amide bonds. The van der Waals surface area contributed by atoms with Gasteiger partial charge >= 0.3 is 0 Å². The minimum Gasteiger partial charge on any atom is -0.370 e. The molecule has 0 aliphatic rings. The topological polar surface area (TPSA) is 66.5 Å². The SMILES string of the molecule is CCNc1ccc(CSc2ncn[nH]2)cn1. The van der Waals surface area contributed by atoms with Crippen molar-refractivity contribution >= 4 is 17.6 Å². The first kappa shape index (κ1) is 10.9. The van der Waals surface area contributed by atoms with E-state index in [0.717, 1.165) is 23.3 Å². The second kappa shape index (κ2) is 5.50. The summed E-state index contributed by atoms with van der Waals surface area (Å²) in [6, 6.07) is 4.05. The van der Waals surface area contributed by atoms with Crippen LogP contribution in [0.1, 0.15) is 12.5 Å². The molecule has 2 heterocycles. The fourth-order valence-electron chi connectivity index (χ4n) is 1.21. The van der Waals surface area contributed by atoms with Crippen molar-refractivity contribution < 1.29 is 0 Å². The zero-order valence-corrected chi connectivity index (χ0v) is 9.79. The number of thioether (sulfide) groups is 1. The maximum absolute atomic E-state index is 4.30. The van der Waals surface area contributed by atoms with Gasteiger partial charge in [-0.05, 0) is 18.6 Å². The highest BCUT2D eigenvalue weighted by Crippen LogP contribution is 2.18. The maximum atomic E-state index is 4.30. The molecule has 0 atom stereocenters. The van der Waals surface area contributed by atoms with E-state index in [1.165, 1.54) is 11.9 Å². The van der Waals surface area contributed by atoms with Gasteiger partial charge in [0.05, 0.1) is 0 Å². The molecule has 0 aliphatic carbocycles. The summed E-state index contributed by atoms with van der Waals surface area (Å²) >= 11 is 1.61. The van der Waals surface area contributed by atoms with E-state index in [-0.39, 0.29) is 0 Å². The normalized spacial score (nSPS) is 10.3. The van der Waals surface area contributed by atoms with Crippen molar-refractivity contribution in [2.75, 3.05) is 11.9 Å². The summed E-state index contributed by atoms with van der Waals surface area (Å²) in [5.74, 6) is 1.75. The molecule has 16 heavy (non-hydrogen) atoms. The Kier molecular flexibility index (Phi) is 3.76. The molecule has 0 aliphatic heterocycles. The van der Waals surface area contributed by atoms with E-state index in [9.17, 15) is 0 Å². The molecule has 0 bridgehead atoms. The molecule has 0 unspecified atom stereocenters. The van der Waals surface area contributed by atoms with Crippen molar-refractivity contribution in [2.24, 2.45) is 0 Å². The van der Waals surface area contributed by atoms with Gasteiger partial charge in [0, 0.05) is 18.5 Å². The predicted molar refractivity (Wildman–Crippen MR) is 64.3 cm³/mol. The van der Waals surface area contributed by atoms with Crippen LogP contribution < -0.4 is 5.32 Å². The fourth-order valence-corrected chi connectivity index (χ4v) is 1.92. The number of aromatic nitrogens is 4. The summed E-state index contributed by atoms with van der Waals surface area (Å²) in [6.45, 7) is 2.94. The molecule has 0 saturated heterocycles. The smallest absolute Gasteiger partial charge is 0.183 e. The van der Waals surface area contributed by atoms with E-state index in [1.54, 1.807) is 11.8 Å². The first-order valence-corrected chi connectivity index (χ1v) is 6.04. The predicted octanol–water partition coefficient (Wildman–Crippen LogP) is 1.92. The highest BCUT2D eigenvalue weighted by atomic mass is 32.2. The van der Waals surface area contributed by atoms with E-state index >= 15 is 0 Å². The molecule has 6 heteroatoms. The number of anilines is 1. The summed E-state index contributed by atoms with van der Waals surface area (Å²) in [5, 5.41) is 10.6. The standard InChI is InChI=1S/C10H13N5S/c1-2-11-9-4-3-8(5-12-9)6-16-10-13-7-14-15-10/h3-5,7H,2,6H2,1H3,(H,11,12)(H,13,14,15). The molecule has 0 fully saturated rings. The largest absolute Gasteiger partial charge is 0.370 e. The lowest BCUT2D eigenvalue weighted by molar-refractivity contribution is 0.972. The minimum absolute atomic E-state index is 0.829. The quantitative estimate of drug-likeness (QED) is 0.775. The van der Waals surface area contributed by atoms with E-state index < -0.39 is 0 Å². The van der Waals surface area contributed by atoms with Gasteiger partial charge < -0.3 is 5.32 Å². The number of nitrogens with one attached hydrogen (secondary N) is 2. The summed E-state index contributed by atoms with van der Waals surface area (Å²) in [6.07, 6.45) is 3.39. The lowest BCUT2D eigenvalue weighted by atomic mass is 10.3. The fraction of sp³-hybridized carbons (Fsp3) is 0.300. The molecule has 0 radical (unpaired) electrons. The third-order valence-electron chi connectivity index (χ3n) is 1.95. The van der Waals surface area contributed by atoms with Crippen molar-refractivity contribution in [1.82, 2.24) is 20.2 Å². The average Bonchev–Trinajstić information content (AvgIpc) is 2.82. The van der Waals surface area contributed by atoms with E-state index in [2.05, 4.69) is 38.5 Å². The highest BCUT2D eigenvalue weighted by Gasteiger charge is 1.99. The Bertz CT molecular complexity index is 411. The number of aromatic amines is 1. The molecule has 2 aromatic rings. The Morgan fingerprint density at radius 3 is 2.94 bits per heavy atom. The van der Waals surface area contributed by atoms with Crippen LogP contribution >= 0.6 is 11.8 Å². The summed E-state index contributed by atoms with van der Waals surface area (Å²) in [5.41, 5.74) is 1.17. The second-order valence-corrected chi connectivity index (χ2v) is 4.13. The maximum Gasteiger partial charge on any atom is 0.183 e. The van der Waals surface area contributed by atoms with Gasteiger partial charge in [0.15, 0.2) is 5.16 Å². The molecule has 2 N–H and O–H groups in total. The highest BCUT2D eigenvalue weighted by molar-refractivity contribution is 7.98. The lowest BCUT2D eigenvalue weighted by Gasteiger charge is -2.03. The molecule has 2 rings (SSSR count). The Balaban J connectivity index is 1.90. The van der Waals surface area contributed by atoms with E-state index in [0.29, 0.717) is 0 Å². The third-order valence-corrected chi connectivity index (χ3v) is 2.90. The first-order valence-electron chi connectivity index (χ1n) is 5.05. The Morgan fingerprint density at radius 2 is 2.31 bits per heavy atom. The minimum atomic E-state index is 0.829. The molecular weight excluding hydrogens is 222 g/mol. The van der Waals surface area contributed by atoms with Crippen molar-refractivity contribution in [1.29, 1.82) is 0 Å². The molecule has 0 aromatic carbocycles. The number of pyridine rings is 1. The molecule has 2 aromatic heterocycles. The van der Waals surface area contributed by atoms with Crippen molar-refractivity contribution in [3.05, 3.63) is 30.2 Å². The van der Waals surface area contributed by atoms with Crippen LogP contribution in [-0.4, -0.2) is 26.7 Å². The van der Waals surface area contributed by atoms with Crippen LogP contribution in [0.2, 0.25) is 0 Å². The lowest BCUT2D eigenvalue weighted by Crippen LogP contribution is -1.98. The van der Waals surface area contributed by atoms with Crippen LogP contribution in [0, 0.1) is 0 Å². The summed E-state index contributed by atoms with van der Waals surface area (Å²) < 4.78 is 0. The zero-order chi connectivity index (χ0) is 11.2. The zero-order valence-electron chi connectivity index (χ0n) is 8.97. The molecule has 0 spiro atoms. The van der Waals surface area contributed by atoms with Crippen LogP contribution in [0.25, 0.3) is 0 Å². The molecule has 0 saturated carbocycles. The number of hydrogen-bond acceptors (Lipinski definition) is 5. The Morgan fingerprint density at radius 1 is 1.38 bits per heavy atom. The Hall–Kier alpha value is -1.56. The van der Waals surface area contributed by atoms with Crippen LogP contribution in [-0.2, 0) is 5.75 Å². The summed E-state index contributed by atoms with van der Waals surface area (Å²) in [7, 11) is 0. The monoisotopic (exact) mass is 235 g/mol. The van der Waals surface area contributed by atoms with Crippen LogP contribution in [0.3, 0.4) is 0 Å². The average molecular weight is 235 g/mol. The van der Waals surface area contributed by atoms with Gasteiger partial charge in [-0.25, -0.2) is 9.97 Å². The van der Waals surface area contributed by atoms with Gasteiger partial charge in [0.2, 0.25) is 0 Å². The molecule has 5 nitrogen and oxygen atoms in total. The van der Waals surface area contributed by atoms with Gasteiger partial charge in [0.25, 0.3) is 0 Å². The van der Waals surface area contributed by atoms with Crippen LogP contribution in [0.5, 0.6) is 0 Å². The number of nitrogens with zero attached hydrogens (tertiary/aromatic N) is 3. The van der Waals surface area contributed by atoms with Crippen LogP contribution in [0.4, 0.5) is 5.82 Å². The van der Waals surface area contributed by atoms with Gasteiger partial charge in [-0.1, -0.05) is 17.8 Å². The van der Waals surface area contributed by atoms with Gasteiger partial charge in [-0.2, -0.15) is 5.10 Å². The molecule has 84 valence electrons. The number of hydrogen-bond donors (Lipinski definition) is 2. The van der Waals surface area contributed by atoms with E-state index in [4.69, 9.17) is 0 Å². The van der Waals surface area contributed by atoms with Crippen molar-refractivity contribution in [2.45, 2.75) is 17.8 Å². The first-order chi connectivity index (χ1) is 7.88. The van der Waals surface area contributed by atoms with Gasteiger partial charge in [-0.15, -0.1) is 0 Å². The number of H-pyrrole nitrogens is 1. The van der Waals surface area contributed by atoms with E-state index in [1.807, 2.05) is 12.3 Å².